The molecule has 12 heavy (non-hydrogen) atoms. The van der Waals surface area contributed by atoms with Gasteiger partial charge in [-0.25, -0.2) is 0 Å². The number of unbranched alkanes of at least 4 members (excludes halogenated alkanes) is 1. The molecule has 0 spiro atoms. The van der Waals surface area contributed by atoms with Gasteiger partial charge in [-0.2, -0.15) is 0 Å². The molecule has 1 heteroatoms. The van der Waals surface area contributed by atoms with Crippen LogP contribution in [0.1, 0.15) is 47.0 Å². The highest BCUT2D eigenvalue weighted by molar-refractivity contribution is 5.09. The van der Waals surface area contributed by atoms with Gasteiger partial charge in [-0.1, -0.05) is 25.7 Å². The summed E-state index contributed by atoms with van der Waals surface area (Å²) in [4.78, 5) is 0. The van der Waals surface area contributed by atoms with Crippen molar-refractivity contribution in [3.63, 3.8) is 0 Å². The predicted octanol–water partition coefficient (Wildman–Crippen LogP) is 2.59. The highest BCUT2D eigenvalue weighted by Crippen LogP contribution is 2.33. The van der Waals surface area contributed by atoms with Gasteiger partial charge in [-0.05, 0) is 27.2 Å². The molecular weight excluding hydrogens is 148 g/mol. The molecule has 70 valence electrons. The second kappa shape index (κ2) is 3.96. The van der Waals surface area contributed by atoms with E-state index in [9.17, 15) is 5.11 Å². The predicted molar refractivity (Wildman–Crippen MR) is 52.8 cm³/mol. The highest BCUT2D eigenvalue weighted by atomic mass is 16.3. The molecule has 0 aliphatic heterocycles. The smallest absolute Gasteiger partial charge is 0.0779 e. The first-order chi connectivity index (χ1) is 5.37. The maximum absolute atomic E-state index is 10.0. The molecule has 0 saturated carbocycles. The van der Waals surface area contributed by atoms with Crippen LogP contribution in [0.15, 0.2) is 0 Å². The zero-order valence-electron chi connectivity index (χ0n) is 8.65. The molecule has 0 fully saturated rings. The van der Waals surface area contributed by atoms with Crippen molar-refractivity contribution in [3.05, 3.63) is 0 Å². The summed E-state index contributed by atoms with van der Waals surface area (Å²) in [5, 5.41) is 10.0. The van der Waals surface area contributed by atoms with Crippen LogP contribution in [0.25, 0.3) is 0 Å². The van der Waals surface area contributed by atoms with Crippen LogP contribution in [0, 0.1) is 17.8 Å². The van der Waals surface area contributed by atoms with E-state index in [1.807, 2.05) is 20.8 Å². The fourth-order valence-electron chi connectivity index (χ4n) is 0.989. The largest absolute Gasteiger partial charge is 0.389 e. The molecule has 0 aromatic heterocycles. The van der Waals surface area contributed by atoms with Crippen molar-refractivity contribution in [1.82, 2.24) is 0 Å². The van der Waals surface area contributed by atoms with Gasteiger partial charge in [0.05, 0.1) is 11.0 Å². The Morgan fingerprint density at radius 3 is 2.17 bits per heavy atom. The van der Waals surface area contributed by atoms with E-state index in [0.29, 0.717) is 0 Å². The van der Waals surface area contributed by atoms with Gasteiger partial charge >= 0.3 is 0 Å². The highest BCUT2D eigenvalue weighted by Gasteiger charge is 2.36. The lowest BCUT2D eigenvalue weighted by atomic mass is 9.74. The summed E-state index contributed by atoms with van der Waals surface area (Å²) in [6.45, 7) is 7.74. The Kier molecular flexibility index (Phi) is 3.80. The molecule has 1 nitrogen and oxygen atoms in total. The quantitative estimate of drug-likeness (QED) is 0.640. The lowest BCUT2D eigenvalue weighted by Crippen LogP contribution is -2.40. The molecule has 0 bridgehead atoms. The molecule has 0 aliphatic carbocycles. The van der Waals surface area contributed by atoms with Crippen LogP contribution in [0.5, 0.6) is 0 Å². The van der Waals surface area contributed by atoms with Gasteiger partial charge in [0, 0.05) is 0 Å². The number of rotatable bonds is 4. The molecule has 0 aliphatic rings. The second-order valence-corrected chi connectivity index (χ2v) is 4.15. The van der Waals surface area contributed by atoms with E-state index in [0.717, 1.165) is 19.3 Å². The van der Waals surface area contributed by atoms with E-state index in [2.05, 4.69) is 12.8 Å². The minimum atomic E-state index is -0.738. The van der Waals surface area contributed by atoms with E-state index in [4.69, 9.17) is 6.42 Å². The van der Waals surface area contributed by atoms with E-state index in [1.165, 1.54) is 0 Å². The summed E-state index contributed by atoms with van der Waals surface area (Å²) in [5.74, 6) is 2.64. The van der Waals surface area contributed by atoms with Gasteiger partial charge in [-0.3, -0.25) is 0 Å². The summed E-state index contributed by atoms with van der Waals surface area (Å²) < 4.78 is 0. The maximum atomic E-state index is 10.0. The molecule has 0 aromatic carbocycles. The fraction of sp³-hybridized carbons (Fsp3) is 0.818. The van der Waals surface area contributed by atoms with Crippen LogP contribution >= 0.6 is 0 Å². The van der Waals surface area contributed by atoms with Crippen LogP contribution in [0.3, 0.4) is 0 Å². The normalized spacial score (nSPS) is 16.7. The molecule has 0 saturated heterocycles. The molecule has 0 amide bonds. The zero-order chi connectivity index (χ0) is 9.83. The minimum Gasteiger partial charge on any atom is -0.389 e. The molecule has 0 aromatic rings. The third-order valence-corrected chi connectivity index (χ3v) is 2.72. The van der Waals surface area contributed by atoms with Crippen molar-refractivity contribution < 1.29 is 5.11 Å². The molecule has 0 rings (SSSR count). The SMILES string of the molecule is C#CC(C)(C)C(C)(O)CCCC. The average Bonchev–Trinajstić information content (AvgIpc) is 2.00. The monoisotopic (exact) mass is 168 g/mol. The topological polar surface area (TPSA) is 20.2 Å². The summed E-state index contributed by atoms with van der Waals surface area (Å²) in [5.41, 5.74) is -1.17. The lowest BCUT2D eigenvalue weighted by Gasteiger charge is -2.36. The third kappa shape index (κ3) is 2.53. The average molecular weight is 168 g/mol. The van der Waals surface area contributed by atoms with Crippen molar-refractivity contribution in [2.45, 2.75) is 52.6 Å². The molecule has 0 heterocycles. The van der Waals surface area contributed by atoms with Crippen LogP contribution in [-0.2, 0) is 0 Å². The standard InChI is InChI=1S/C11H20O/c1-6-8-9-11(5,12)10(3,4)7-2/h2,12H,6,8-9H2,1,3-5H3. The molecule has 1 atom stereocenters. The van der Waals surface area contributed by atoms with E-state index in [-0.39, 0.29) is 0 Å². The van der Waals surface area contributed by atoms with E-state index in [1.54, 1.807) is 0 Å². The van der Waals surface area contributed by atoms with Crippen LogP contribution in [-0.4, -0.2) is 10.7 Å². The molecule has 0 radical (unpaired) electrons. The second-order valence-electron chi connectivity index (χ2n) is 4.15. The van der Waals surface area contributed by atoms with Crippen molar-refractivity contribution in [3.8, 4) is 12.3 Å². The Hall–Kier alpha value is -0.480. The van der Waals surface area contributed by atoms with Crippen LogP contribution < -0.4 is 0 Å². The van der Waals surface area contributed by atoms with Crippen LogP contribution in [0.4, 0.5) is 0 Å². The Morgan fingerprint density at radius 2 is 1.83 bits per heavy atom. The number of hydrogen-bond donors (Lipinski definition) is 1. The summed E-state index contributed by atoms with van der Waals surface area (Å²) in [6.07, 6.45) is 8.25. The molecule has 1 N–H and O–H groups in total. The summed E-state index contributed by atoms with van der Waals surface area (Å²) in [6, 6.07) is 0. The van der Waals surface area contributed by atoms with Crippen LogP contribution in [0.2, 0.25) is 0 Å². The Labute approximate surface area is 76.2 Å². The zero-order valence-corrected chi connectivity index (χ0v) is 8.65. The number of hydrogen-bond acceptors (Lipinski definition) is 1. The first-order valence-corrected chi connectivity index (χ1v) is 4.57. The van der Waals surface area contributed by atoms with Gasteiger partial charge in [0.25, 0.3) is 0 Å². The van der Waals surface area contributed by atoms with Crippen molar-refractivity contribution in [1.29, 1.82) is 0 Å². The van der Waals surface area contributed by atoms with E-state index >= 15 is 0 Å². The summed E-state index contributed by atoms with van der Waals surface area (Å²) in [7, 11) is 0. The van der Waals surface area contributed by atoms with Gasteiger partial charge in [-0.15, -0.1) is 6.42 Å². The third-order valence-electron chi connectivity index (χ3n) is 2.72. The van der Waals surface area contributed by atoms with Crippen molar-refractivity contribution >= 4 is 0 Å². The first-order valence-electron chi connectivity index (χ1n) is 4.57. The van der Waals surface area contributed by atoms with Gasteiger partial charge in [0.15, 0.2) is 0 Å². The fourth-order valence-corrected chi connectivity index (χ4v) is 0.989. The number of terminal acetylenes is 1. The Morgan fingerprint density at radius 1 is 1.33 bits per heavy atom. The van der Waals surface area contributed by atoms with Crippen molar-refractivity contribution in [2.24, 2.45) is 5.41 Å². The summed E-state index contributed by atoms with van der Waals surface area (Å²) >= 11 is 0. The van der Waals surface area contributed by atoms with Gasteiger partial charge in [0.2, 0.25) is 0 Å². The van der Waals surface area contributed by atoms with Gasteiger partial charge < -0.3 is 5.11 Å². The Balaban J connectivity index is 4.30. The van der Waals surface area contributed by atoms with Gasteiger partial charge in [0.1, 0.15) is 0 Å². The lowest BCUT2D eigenvalue weighted by molar-refractivity contribution is -0.0291. The maximum Gasteiger partial charge on any atom is 0.0779 e. The molecule has 1 unspecified atom stereocenters. The van der Waals surface area contributed by atoms with E-state index < -0.39 is 11.0 Å². The minimum absolute atomic E-state index is 0.428. The Bertz CT molecular complexity index is 172. The first kappa shape index (κ1) is 11.5. The number of aliphatic hydroxyl groups is 1. The molecular formula is C11H20O. The van der Waals surface area contributed by atoms with Crippen molar-refractivity contribution in [2.75, 3.05) is 0 Å².